The van der Waals surface area contributed by atoms with Crippen LogP contribution in [0.1, 0.15) is 17.9 Å². The molecule has 1 atom stereocenters. The van der Waals surface area contributed by atoms with Gasteiger partial charge in [-0.3, -0.25) is 9.59 Å². The standard InChI is InChI=1S/C11H10F2N2O2/c12-7-2-1-5(3-8(7)13)6-4-11(6,9(14)16)10(15)17/h1-3,6H,4H2,(H2,14,16)(H2,15,17). The molecule has 4 N–H and O–H groups in total. The van der Waals surface area contributed by atoms with E-state index in [4.69, 9.17) is 11.5 Å². The molecule has 17 heavy (non-hydrogen) atoms. The summed E-state index contributed by atoms with van der Waals surface area (Å²) in [5.41, 5.74) is 9.14. The molecule has 0 spiro atoms. The van der Waals surface area contributed by atoms with E-state index in [9.17, 15) is 18.4 Å². The summed E-state index contributed by atoms with van der Waals surface area (Å²) in [5.74, 6) is -4.25. The van der Waals surface area contributed by atoms with Crippen LogP contribution in [0.3, 0.4) is 0 Å². The fourth-order valence-corrected chi connectivity index (χ4v) is 2.06. The minimum absolute atomic E-state index is 0.142. The van der Waals surface area contributed by atoms with Crippen LogP contribution in [0.5, 0.6) is 0 Å². The van der Waals surface area contributed by atoms with Gasteiger partial charge in [0.05, 0.1) is 0 Å². The average Bonchev–Trinajstić information content (AvgIpc) is 2.98. The van der Waals surface area contributed by atoms with Gasteiger partial charge < -0.3 is 11.5 Å². The van der Waals surface area contributed by atoms with Gasteiger partial charge in [0.25, 0.3) is 0 Å². The molecule has 1 saturated carbocycles. The Bertz CT molecular complexity index is 502. The van der Waals surface area contributed by atoms with Crippen molar-refractivity contribution in [3.8, 4) is 0 Å². The van der Waals surface area contributed by atoms with Gasteiger partial charge in [0, 0.05) is 5.92 Å². The molecular weight excluding hydrogens is 230 g/mol. The molecule has 0 radical (unpaired) electrons. The Kier molecular flexibility index (Phi) is 2.38. The number of hydrogen-bond donors (Lipinski definition) is 2. The molecule has 0 saturated heterocycles. The molecule has 1 aromatic rings. The Hall–Kier alpha value is -1.98. The van der Waals surface area contributed by atoms with Crippen molar-refractivity contribution in [2.75, 3.05) is 0 Å². The first kappa shape index (κ1) is 11.5. The van der Waals surface area contributed by atoms with Crippen molar-refractivity contribution in [2.45, 2.75) is 12.3 Å². The first-order valence-corrected chi connectivity index (χ1v) is 4.94. The highest BCUT2D eigenvalue weighted by molar-refractivity contribution is 6.08. The van der Waals surface area contributed by atoms with Crippen LogP contribution in [0.15, 0.2) is 18.2 Å². The molecule has 1 aliphatic rings. The van der Waals surface area contributed by atoms with Gasteiger partial charge >= 0.3 is 0 Å². The van der Waals surface area contributed by atoms with E-state index in [0.29, 0.717) is 5.56 Å². The quantitative estimate of drug-likeness (QED) is 0.749. The predicted octanol–water partition coefficient (Wildman–Crippen LogP) is 0.409. The topological polar surface area (TPSA) is 86.2 Å². The lowest BCUT2D eigenvalue weighted by Crippen LogP contribution is -2.38. The average molecular weight is 240 g/mol. The third-order valence-corrected chi connectivity index (χ3v) is 3.19. The molecule has 2 amide bonds. The molecule has 90 valence electrons. The third-order valence-electron chi connectivity index (χ3n) is 3.19. The molecule has 1 fully saturated rings. The van der Waals surface area contributed by atoms with Crippen LogP contribution >= 0.6 is 0 Å². The molecule has 0 bridgehead atoms. The molecule has 0 aliphatic heterocycles. The number of hydrogen-bond acceptors (Lipinski definition) is 2. The molecule has 1 unspecified atom stereocenters. The largest absolute Gasteiger partial charge is 0.369 e. The summed E-state index contributed by atoms with van der Waals surface area (Å²) in [6, 6.07) is 3.21. The van der Waals surface area contributed by atoms with Crippen LogP contribution in [0, 0.1) is 17.0 Å². The van der Waals surface area contributed by atoms with Gasteiger partial charge in [0.2, 0.25) is 11.8 Å². The first-order valence-electron chi connectivity index (χ1n) is 4.94. The SMILES string of the molecule is NC(=O)C1(C(N)=O)CC1c1ccc(F)c(F)c1. The van der Waals surface area contributed by atoms with Crippen molar-refractivity contribution >= 4 is 11.8 Å². The normalized spacial score (nSPS) is 20.9. The van der Waals surface area contributed by atoms with E-state index in [1.807, 2.05) is 0 Å². The lowest BCUT2D eigenvalue weighted by molar-refractivity contribution is -0.133. The second-order valence-corrected chi connectivity index (χ2v) is 4.13. The summed E-state index contributed by atoms with van der Waals surface area (Å²) in [7, 11) is 0. The second-order valence-electron chi connectivity index (χ2n) is 4.13. The minimum Gasteiger partial charge on any atom is -0.369 e. The number of carbonyl (C=O) groups is 2. The summed E-state index contributed by atoms with van der Waals surface area (Å²) >= 11 is 0. The summed E-state index contributed by atoms with van der Waals surface area (Å²) in [5, 5.41) is 0. The molecule has 0 heterocycles. The van der Waals surface area contributed by atoms with E-state index >= 15 is 0 Å². The molecular formula is C11H10F2N2O2. The summed E-state index contributed by atoms with van der Waals surface area (Å²) in [6.45, 7) is 0. The van der Waals surface area contributed by atoms with Gasteiger partial charge in [-0.05, 0) is 24.1 Å². The van der Waals surface area contributed by atoms with Crippen molar-refractivity contribution in [2.24, 2.45) is 16.9 Å². The highest BCUT2D eigenvalue weighted by Crippen LogP contribution is 2.59. The zero-order valence-electron chi connectivity index (χ0n) is 8.74. The lowest BCUT2D eigenvalue weighted by Gasteiger charge is -2.09. The second kappa shape index (κ2) is 3.51. The van der Waals surface area contributed by atoms with Crippen molar-refractivity contribution < 1.29 is 18.4 Å². The van der Waals surface area contributed by atoms with Gasteiger partial charge in [0.15, 0.2) is 11.6 Å². The van der Waals surface area contributed by atoms with Crippen LogP contribution in [-0.4, -0.2) is 11.8 Å². The monoisotopic (exact) mass is 240 g/mol. The van der Waals surface area contributed by atoms with Crippen LogP contribution in [0.25, 0.3) is 0 Å². The third kappa shape index (κ3) is 1.56. The van der Waals surface area contributed by atoms with Crippen LogP contribution in [0.4, 0.5) is 8.78 Å². The van der Waals surface area contributed by atoms with Crippen LogP contribution in [-0.2, 0) is 9.59 Å². The maximum atomic E-state index is 13.0. The van der Waals surface area contributed by atoms with Crippen LogP contribution < -0.4 is 11.5 Å². The Balaban J connectivity index is 2.35. The van der Waals surface area contributed by atoms with E-state index in [0.717, 1.165) is 12.1 Å². The Morgan fingerprint density at radius 1 is 1.18 bits per heavy atom. The Labute approximate surface area is 95.6 Å². The van der Waals surface area contributed by atoms with Crippen molar-refractivity contribution in [3.63, 3.8) is 0 Å². The van der Waals surface area contributed by atoms with Gasteiger partial charge in [-0.2, -0.15) is 0 Å². The molecule has 0 aromatic heterocycles. The smallest absolute Gasteiger partial charge is 0.233 e. The molecule has 1 aliphatic carbocycles. The zero-order chi connectivity index (χ0) is 12.8. The lowest BCUT2D eigenvalue weighted by atomic mass is 9.97. The molecule has 2 rings (SSSR count). The highest BCUT2D eigenvalue weighted by atomic mass is 19.2. The maximum Gasteiger partial charge on any atom is 0.233 e. The number of amides is 2. The maximum absolute atomic E-state index is 13.0. The number of nitrogens with two attached hydrogens (primary N) is 2. The van der Waals surface area contributed by atoms with Gasteiger partial charge in [-0.25, -0.2) is 8.78 Å². The number of halogens is 2. The summed E-state index contributed by atoms with van der Waals surface area (Å²) in [6.07, 6.45) is 0.142. The fourth-order valence-electron chi connectivity index (χ4n) is 2.06. The highest BCUT2D eigenvalue weighted by Gasteiger charge is 2.64. The molecule has 4 nitrogen and oxygen atoms in total. The van der Waals surface area contributed by atoms with E-state index < -0.39 is 34.8 Å². The Morgan fingerprint density at radius 2 is 1.76 bits per heavy atom. The van der Waals surface area contributed by atoms with Gasteiger partial charge in [-0.15, -0.1) is 0 Å². The number of benzene rings is 1. The van der Waals surface area contributed by atoms with E-state index in [1.54, 1.807) is 0 Å². The van der Waals surface area contributed by atoms with E-state index in [1.165, 1.54) is 6.07 Å². The molecule has 6 heteroatoms. The number of carbonyl (C=O) groups excluding carboxylic acids is 2. The number of rotatable bonds is 3. The fraction of sp³-hybridized carbons (Fsp3) is 0.273. The van der Waals surface area contributed by atoms with Crippen molar-refractivity contribution in [1.82, 2.24) is 0 Å². The zero-order valence-corrected chi connectivity index (χ0v) is 8.74. The first-order chi connectivity index (χ1) is 7.89. The van der Waals surface area contributed by atoms with E-state index in [-0.39, 0.29) is 6.42 Å². The summed E-state index contributed by atoms with van der Waals surface area (Å²) in [4.78, 5) is 22.4. The Morgan fingerprint density at radius 3 is 2.18 bits per heavy atom. The minimum atomic E-state index is -1.45. The van der Waals surface area contributed by atoms with E-state index in [2.05, 4.69) is 0 Å². The van der Waals surface area contributed by atoms with Gasteiger partial charge in [0.1, 0.15) is 5.41 Å². The van der Waals surface area contributed by atoms with Crippen molar-refractivity contribution in [3.05, 3.63) is 35.4 Å². The molecule has 1 aromatic carbocycles. The van der Waals surface area contributed by atoms with Crippen molar-refractivity contribution in [1.29, 1.82) is 0 Å². The summed E-state index contributed by atoms with van der Waals surface area (Å²) < 4.78 is 25.7. The van der Waals surface area contributed by atoms with Crippen LogP contribution in [0.2, 0.25) is 0 Å². The number of primary amides is 2. The predicted molar refractivity (Wildman–Crippen MR) is 54.5 cm³/mol. The van der Waals surface area contributed by atoms with Gasteiger partial charge in [-0.1, -0.05) is 6.07 Å².